The summed E-state index contributed by atoms with van der Waals surface area (Å²) >= 11 is 0. The third kappa shape index (κ3) is 6.90. The lowest BCUT2D eigenvalue weighted by Gasteiger charge is -2.19. The third-order valence-electron chi connectivity index (χ3n) is 5.75. The van der Waals surface area contributed by atoms with Gasteiger partial charge in [-0.15, -0.1) is 0 Å². The molecule has 28 heavy (non-hydrogen) atoms. The number of Topliss-reactive ketones (excluding diaryl/α,β-unsaturated/α-hetero) is 1. The summed E-state index contributed by atoms with van der Waals surface area (Å²) in [6.07, 6.45) is 11.6. The minimum Gasteiger partial charge on any atom is -0.481 e. The molecule has 2 N–H and O–H groups in total. The molecule has 0 heterocycles. The van der Waals surface area contributed by atoms with Gasteiger partial charge in [-0.1, -0.05) is 62.6 Å². The van der Waals surface area contributed by atoms with Crippen LogP contribution in [0.15, 0.2) is 36.4 Å². The van der Waals surface area contributed by atoms with Gasteiger partial charge >= 0.3 is 5.97 Å². The zero-order valence-electron chi connectivity index (χ0n) is 17.0. The highest BCUT2D eigenvalue weighted by Gasteiger charge is 2.34. The van der Waals surface area contributed by atoms with Gasteiger partial charge in [0.2, 0.25) is 0 Å². The molecule has 1 aliphatic rings. The van der Waals surface area contributed by atoms with E-state index in [1.165, 1.54) is 5.56 Å². The monoisotopic (exact) mass is 386 g/mol. The van der Waals surface area contributed by atoms with Gasteiger partial charge in [-0.2, -0.15) is 0 Å². The van der Waals surface area contributed by atoms with E-state index in [1.807, 2.05) is 24.3 Å². The fraction of sp³-hybridized carbons (Fsp3) is 0.583. The van der Waals surface area contributed by atoms with E-state index in [-0.39, 0.29) is 18.3 Å². The van der Waals surface area contributed by atoms with Crippen LogP contribution in [0.4, 0.5) is 0 Å². The Morgan fingerprint density at radius 3 is 2.61 bits per heavy atom. The second-order valence-corrected chi connectivity index (χ2v) is 7.89. The molecule has 0 aliphatic heterocycles. The maximum absolute atomic E-state index is 12.3. The number of benzene rings is 1. The van der Waals surface area contributed by atoms with Crippen LogP contribution in [0.1, 0.15) is 94.3 Å². The Bertz CT molecular complexity index is 647. The van der Waals surface area contributed by atoms with Gasteiger partial charge in [0.05, 0.1) is 6.10 Å². The van der Waals surface area contributed by atoms with Gasteiger partial charge < -0.3 is 10.2 Å². The normalized spacial score (nSPS) is 20.7. The highest BCUT2D eigenvalue weighted by atomic mass is 16.4. The van der Waals surface area contributed by atoms with E-state index in [2.05, 4.69) is 19.1 Å². The Balaban J connectivity index is 1.90. The second kappa shape index (κ2) is 11.8. The zero-order valence-corrected chi connectivity index (χ0v) is 17.0. The topological polar surface area (TPSA) is 74.6 Å². The number of aliphatic hydroxyl groups is 1. The summed E-state index contributed by atoms with van der Waals surface area (Å²) < 4.78 is 0. The minimum atomic E-state index is -0.765. The Morgan fingerprint density at radius 2 is 1.93 bits per heavy atom. The van der Waals surface area contributed by atoms with E-state index in [9.17, 15) is 14.7 Å². The highest BCUT2D eigenvalue weighted by molar-refractivity contribution is 5.84. The summed E-state index contributed by atoms with van der Waals surface area (Å²) in [4.78, 5) is 22.9. The molecule has 4 nitrogen and oxygen atoms in total. The van der Waals surface area contributed by atoms with E-state index in [0.29, 0.717) is 18.6 Å². The van der Waals surface area contributed by atoms with E-state index in [1.54, 1.807) is 0 Å². The Morgan fingerprint density at radius 1 is 1.18 bits per heavy atom. The highest BCUT2D eigenvalue weighted by Crippen LogP contribution is 2.40. The number of aliphatic hydroxyl groups excluding tert-OH is 1. The molecule has 154 valence electrons. The quantitative estimate of drug-likeness (QED) is 0.364. The number of ketones is 1. The summed E-state index contributed by atoms with van der Waals surface area (Å²) in [5, 5.41) is 19.0. The van der Waals surface area contributed by atoms with Crippen molar-refractivity contribution < 1.29 is 19.8 Å². The molecule has 0 bridgehead atoms. The maximum atomic E-state index is 12.3. The summed E-state index contributed by atoms with van der Waals surface area (Å²) in [5.74, 6) is -0.194. The fourth-order valence-corrected chi connectivity index (χ4v) is 4.05. The molecule has 1 unspecified atom stereocenters. The molecule has 0 aromatic heterocycles. The summed E-state index contributed by atoms with van der Waals surface area (Å²) in [5.41, 5.74) is 2.14. The van der Waals surface area contributed by atoms with Crippen LogP contribution in [0, 0.1) is 5.92 Å². The maximum Gasteiger partial charge on any atom is 0.303 e. The van der Waals surface area contributed by atoms with Crippen molar-refractivity contribution >= 4 is 11.8 Å². The predicted molar refractivity (Wildman–Crippen MR) is 111 cm³/mol. The molecule has 1 aromatic carbocycles. The van der Waals surface area contributed by atoms with E-state index in [0.717, 1.165) is 50.5 Å². The average molecular weight is 387 g/mol. The van der Waals surface area contributed by atoms with E-state index in [4.69, 9.17) is 5.11 Å². The fourth-order valence-electron chi connectivity index (χ4n) is 4.05. The molecular weight excluding hydrogens is 352 g/mol. The van der Waals surface area contributed by atoms with Gasteiger partial charge in [0.15, 0.2) is 0 Å². The van der Waals surface area contributed by atoms with Crippen LogP contribution in [-0.2, 0) is 9.59 Å². The van der Waals surface area contributed by atoms with Crippen LogP contribution in [0.3, 0.4) is 0 Å². The van der Waals surface area contributed by atoms with Crippen molar-refractivity contribution in [3.8, 4) is 0 Å². The number of unbranched alkanes of at least 4 members (excludes halogenated alkanes) is 3. The molecule has 0 spiro atoms. The molecule has 0 amide bonds. The molecule has 1 aliphatic carbocycles. The molecule has 1 aromatic rings. The summed E-state index contributed by atoms with van der Waals surface area (Å²) in [6, 6.07) is 8.16. The van der Waals surface area contributed by atoms with E-state index >= 15 is 0 Å². The molecule has 4 heteroatoms. The minimum absolute atomic E-state index is 0.0102. The molecule has 0 radical (unpaired) electrons. The lowest BCUT2D eigenvalue weighted by Crippen LogP contribution is -2.12. The lowest BCUT2D eigenvalue weighted by atomic mass is 9.85. The molecule has 1 saturated carbocycles. The van der Waals surface area contributed by atoms with Crippen LogP contribution in [0.25, 0.3) is 0 Å². The van der Waals surface area contributed by atoms with Gasteiger partial charge in [-0.3, -0.25) is 9.59 Å². The molecule has 1 fully saturated rings. The van der Waals surface area contributed by atoms with Crippen LogP contribution < -0.4 is 0 Å². The summed E-state index contributed by atoms with van der Waals surface area (Å²) in [7, 11) is 0. The second-order valence-electron chi connectivity index (χ2n) is 7.89. The third-order valence-corrected chi connectivity index (χ3v) is 5.75. The van der Waals surface area contributed by atoms with Crippen molar-refractivity contribution in [2.75, 3.05) is 0 Å². The Hall–Kier alpha value is -1.94. The van der Waals surface area contributed by atoms with Gasteiger partial charge in [-0.25, -0.2) is 0 Å². The van der Waals surface area contributed by atoms with Crippen molar-refractivity contribution in [1.29, 1.82) is 0 Å². The van der Waals surface area contributed by atoms with Crippen molar-refractivity contribution in [3.05, 3.63) is 47.5 Å². The van der Waals surface area contributed by atoms with E-state index < -0.39 is 12.1 Å². The van der Waals surface area contributed by atoms with Crippen molar-refractivity contribution in [2.24, 2.45) is 5.92 Å². The zero-order chi connectivity index (χ0) is 20.4. The van der Waals surface area contributed by atoms with Crippen LogP contribution in [0.5, 0.6) is 0 Å². The SMILES string of the molecule is CCCCCC(O)c1ccc([C@H]2CCC(=O)[C@@H]2CC=CCCCC(=O)O)cc1. The van der Waals surface area contributed by atoms with Crippen LogP contribution >= 0.6 is 0 Å². The number of hydrogen-bond acceptors (Lipinski definition) is 3. The number of carboxylic acid groups (broad SMARTS) is 1. The molecular formula is C24H34O4. The first-order valence-corrected chi connectivity index (χ1v) is 10.7. The van der Waals surface area contributed by atoms with Crippen molar-refractivity contribution in [3.63, 3.8) is 0 Å². The number of aliphatic carboxylic acids is 1. The molecule has 2 rings (SSSR count). The van der Waals surface area contributed by atoms with Crippen molar-refractivity contribution in [2.45, 2.75) is 83.2 Å². The van der Waals surface area contributed by atoms with Crippen LogP contribution in [0.2, 0.25) is 0 Å². The van der Waals surface area contributed by atoms with Crippen LogP contribution in [-0.4, -0.2) is 22.0 Å². The standard InChI is InChI=1S/C24H34O4/c1-2-3-6-10-22(25)19-14-12-18(13-15-19)20-16-17-23(26)21(20)9-7-4-5-8-11-24(27)28/h4,7,12-15,20-22,25H,2-3,5-6,8-11,16-17H2,1H3,(H,27,28)/t20-,21-,22?/m1/s1. The first-order valence-electron chi connectivity index (χ1n) is 10.7. The first kappa shape index (κ1) is 22.4. The van der Waals surface area contributed by atoms with Crippen molar-refractivity contribution in [1.82, 2.24) is 0 Å². The number of hydrogen-bond donors (Lipinski definition) is 2. The number of carbonyl (C=O) groups excluding carboxylic acids is 1. The molecule has 3 atom stereocenters. The Kier molecular flexibility index (Phi) is 9.42. The largest absolute Gasteiger partial charge is 0.481 e. The van der Waals surface area contributed by atoms with Gasteiger partial charge in [0.25, 0.3) is 0 Å². The van der Waals surface area contributed by atoms with Gasteiger partial charge in [-0.05, 0) is 49.1 Å². The lowest BCUT2D eigenvalue weighted by molar-refractivity contribution is -0.137. The van der Waals surface area contributed by atoms with Gasteiger partial charge in [0.1, 0.15) is 5.78 Å². The molecule has 0 saturated heterocycles. The summed E-state index contributed by atoms with van der Waals surface area (Å²) in [6.45, 7) is 2.16. The smallest absolute Gasteiger partial charge is 0.303 e. The first-order chi connectivity index (χ1) is 13.5. The predicted octanol–water partition coefficient (Wildman–Crippen LogP) is 5.56. The van der Waals surface area contributed by atoms with Gasteiger partial charge in [0, 0.05) is 18.8 Å². The number of carboxylic acids is 1. The number of carbonyl (C=O) groups is 2. The Labute approximate surface area is 168 Å². The number of rotatable bonds is 12. The average Bonchev–Trinajstić information content (AvgIpc) is 3.05. The number of allylic oxidation sites excluding steroid dienone is 2.